The van der Waals surface area contributed by atoms with Crippen molar-refractivity contribution in [3.63, 3.8) is 0 Å². The van der Waals surface area contributed by atoms with E-state index in [2.05, 4.69) is 9.97 Å². The summed E-state index contributed by atoms with van der Waals surface area (Å²) < 4.78 is 0. The van der Waals surface area contributed by atoms with Crippen LogP contribution in [0.25, 0.3) is 10.6 Å². The van der Waals surface area contributed by atoms with Crippen molar-refractivity contribution in [2.24, 2.45) is 0 Å². The summed E-state index contributed by atoms with van der Waals surface area (Å²) in [6, 6.07) is 0. The van der Waals surface area contributed by atoms with Crippen molar-refractivity contribution in [3.8, 4) is 10.6 Å². The maximum atomic E-state index is 5.51. The molecule has 0 aliphatic carbocycles. The van der Waals surface area contributed by atoms with Crippen molar-refractivity contribution in [1.82, 2.24) is 9.97 Å². The smallest absolute Gasteiger partial charge is 0.180 e. The highest BCUT2D eigenvalue weighted by atomic mass is 32.1. The summed E-state index contributed by atoms with van der Waals surface area (Å²) in [5.74, 6) is 0. The zero-order valence-corrected chi connectivity index (χ0v) is 8.08. The van der Waals surface area contributed by atoms with Gasteiger partial charge in [0, 0.05) is 11.6 Å². The van der Waals surface area contributed by atoms with Gasteiger partial charge in [-0.2, -0.15) is 0 Å². The SMILES string of the molecule is Cc1nc(-c2cnc(N)s2)cs1. The molecule has 0 spiro atoms. The molecule has 2 aromatic heterocycles. The molecule has 2 aromatic rings. The number of thiazole rings is 2. The summed E-state index contributed by atoms with van der Waals surface area (Å²) in [7, 11) is 0. The predicted molar refractivity (Wildman–Crippen MR) is 52.4 cm³/mol. The van der Waals surface area contributed by atoms with E-state index in [1.807, 2.05) is 12.3 Å². The molecule has 62 valence electrons. The minimum absolute atomic E-state index is 0.593. The fourth-order valence-corrected chi connectivity index (χ4v) is 2.22. The molecule has 0 fully saturated rings. The van der Waals surface area contributed by atoms with Gasteiger partial charge in [-0.05, 0) is 6.92 Å². The molecule has 5 heteroatoms. The van der Waals surface area contributed by atoms with Crippen LogP contribution in [0.5, 0.6) is 0 Å². The lowest BCUT2D eigenvalue weighted by atomic mass is 10.4. The molecule has 0 radical (unpaired) electrons. The summed E-state index contributed by atoms with van der Waals surface area (Å²) in [6.07, 6.45) is 1.76. The molecule has 0 aromatic carbocycles. The lowest BCUT2D eigenvalue weighted by Crippen LogP contribution is -1.77. The monoisotopic (exact) mass is 197 g/mol. The van der Waals surface area contributed by atoms with Gasteiger partial charge in [-0.3, -0.25) is 0 Å². The number of anilines is 1. The topological polar surface area (TPSA) is 51.8 Å². The summed E-state index contributed by atoms with van der Waals surface area (Å²) in [4.78, 5) is 9.33. The zero-order chi connectivity index (χ0) is 8.55. The second kappa shape index (κ2) is 2.84. The first-order valence-corrected chi connectivity index (χ1v) is 5.09. The van der Waals surface area contributed by atoms with Crippen molar-refractivity contribution in [2.75, 3.05) is 5.73 Å². The van der Waals surface area contributed by atoms with Crippen LogP contribution < -0.4 is 5.73 Å². The molecule has 0 aliphatic heterocycles. The molecule has 0 saturated carbocycles. The number of aryl methyl sites for hydroxylation is 1. The molecule has 3 nitrogen and oxygen atoms in total. The van der Waals surface area contributed by atoms with Crippen molar-refractivity contribution in [3.05, 3.63) is 16.6 Å². The molecule has 2 rings (SSSR count). The van der Waals surface area contributed by atoms with Crippen molar-refractivity contribution in [1.29, 1.82) is 0 Å². The first-order valence-electron chi connectivity index (χ1n) is 3.39. The maximum absolute atomic E-state index is 5.51. The first kappa shape index (κ1) is 7.70. The Labute approximate surface area is 77.9 Å². The molecule has 2 heterocycles. The average molecular weight is 197 g/mol. The number of nitrogens with zero attached hydrogens (tertiary/aromatic N) is 2. The Bertz CT molecular complexity index is 353. The maximum Gasteiger partial charge on any atom is 0.180 e. The second-order valence-electron chi connectivity index (χ2n) is 2.31. The highest BCUT2D eigenvalue weighted by Crippen LogP contribution is 2.27. The number of nitrogen functional groups attached to an aromatic ring is 1. The van der Waals surface area contributed by atoms with E-state index in [4.69, 9.17) is 5.73 Å². The Hall–Kier alpha value is -0.940. The predicted octanol–water partition coefficient (Wildman–Crippen LogP) is 2.16. The minimum Gasteiger partial charge on any atom is -0.375 e. The van der Waals surface area contributed by atoms with Gasteiger partial charge in [0.15, 0.2) is 5.13 Å². The summed E-state index contributed by atoms with van der Waals surface area (Å²) >= 11 is 3.10. The van der Waals surface area contributed by atoms with E-state index in [9.17, 15) is 0 Å². The van der Waals surface area contributed by atoms with Crippen LogP contribution in [-0.2, 0) is 0 Å². The number of hydrogen-bond donors (Lipinski definition) is 1. The van der Waals surface area contributed by atoms with E-state index in [0.717, 1.165) is 15.6 Å². The van der Waals surface area contributed by atoms with E-state index < -0.39 is 0 Å². The molecule has 0 unspecified atom stereocenters. The van der Waals surface area contributed by atoms with Crippen LogP contribution in [0.2, 0.25) is 0 Å². The largest absolute Gasteiger partial charge is 0.375 e. The van der Waals surface area contributed by atoms with Gasteiger partial charge in [0.1, 0.15) is 0 Å². The van der Waals surface area contributed by atoms with Gasteiger partial charge < -0.3 is 5.73 Å². The van der Waals surface area contributed by atoms with Crippen LogP contribution in [0.3, 0.4) is 0 Å². The van der Waals surface area contributed by atoms with E-state index in [1.54, 1.807) is 17.5 Å². The first-order chi connectivity index (χ1) is 5.75. The molecule has 12 heavy (non-hydrogen) atoms. The third kappa shape index (κ3) is 1.33. The number of hydrogen-bond acceptors (Lipinski definition) is 5. The van der Waals surface area contributed by atoms with Crippen LogP contribution in [0.1, 0.15) is 5.01 Å². The normalized spacial score (nSPS) is 10.4. The minimum atomic E-state index is 0.593. The zero-order valence-electron chi connectivity index (χ0n) is 6.44. The van der Waals surface area contributed by atoms with Gasteiger partial charge in [-0.1, -0.05) is 11.3 Å². The third-order valence-electron chi connectivity index (χ3n) is 1.40. The van der Waals surface area contributed by atoms with E-state index >= 15 is 0 Å². The molecule has 0 amide bonds. The summed E-state index contributed by atoms with van der Waals surface area (Å²) in [5.41, 5.74) is 6.48. The highest BCUT2D eigenvalue weighted by molar-refractivity contribution is 7.19. The van der Waals surface area contributed by atoms with Gasteiger partial charge in [0.25, 0.3) is 0 Å². The molecule has 0 atom stereocenters. The Balaban J connectivity index is 2.43. The van der Waals surface area contributed by atoms with E-state index in [-0.39, 0.29) is 0 Å². The van der Waals surface area contributed by atoms with Gasteiger partial charge in [-0.25, -0.2) is 9.97 Å². The second-order valence-corrected chi connectivity index (χ2v) is 4.44. The van der Waals surface area contributed by atoms with E-state index in [0.29, 0.717) is 5.13 Å². The summed E-state index contributed by atoms with van der Waals surface area (Å²) in [6.45, 7) is 1.98. The molecule has 0 bridgehead atoms. The van der Waals surface area contributed by atoms with Crippen LogP contribution in [0.4, 0.5) is 5.13 Å². The van der Waals surface area contributed by atoms with Crippen LogP contribution in [0, 0.1) is 6.92 Å². The van der Waals surface area contributed by atoms with Gasteiger partial charge in [0.05, 0.1) is 15.6 Å². The number of rotatable bonds is 1. The molecule has 0 saturated heterocycles. The van der Waals surface area contributed by atoms with Crippen molar-refractivity contribution >= 4 is 27.8 Å². The Morgan fingerprint density at radius 2 is 2.33 bits per heavy atom. The van der Waals surface area contributed by atoms with Crippen LogP contribution in [-0.4, -0.2) is 9.97 Å². The van der Waals surface area contributed by atoms with E-state index in [1.165, 1.54) is 11.3 Å². The molecular formula is C7H7N3S2. The third-order valence-corrected chi connectivity index (χ3v) is 3.02. The average Bonchev–Trinajstić information content (AvgIpc) is 2.58. The quantitative estimate of drug-likeness (QED) is 0.762. The molecule has 0 aliphatic rings. The summed E-state index contributed by atoms with van der Waals surface area (Å²) in [5, 5.41) is 3.68. The van der Waals surface area contributed by atoms with Gasteiger partial charge in [0.2, 0.25) is 0 Å². The Morgan fingerprint density at radius 1 is 1.50 bits per heavy atom. The molecular weight excluding hydrogens is 190 g/mol. The van der Waals surface area contributed by atoms with Crippen molar-refractivity contribution < 1.29 is 0 Å². The van der Waals surface area contributed by atoms with Crippen LogP contribution >= 0.6 is 22.7 Å². The van der Waals surface area contributed by atoms with Crippen molar-refractivity contribution in [2.45, 2.75) is 6.92 Å². The lowest BCUT2D eigenvalue weighted by molar-refractivity contribution is 1.30. The fraction of sp³-hybridized carbons (Fsp3) is 0.143. The van der Waals surface area contributed by atoms with Crippen LogP contribution in [0.15, 0.2) is 11.6 Å². The standard InChI is InChI=1S/C7H7N3S2/c1-4-10-5(3-11-4)6-2-9-7(8)12-6/h2-3H,1H3,(H2,8,9). The Morgan fingerprint density at radius 3 is 2.83 bits per heavy atom. The highest BCUT2D eigenvalue weighted by Gasteiger charge is 2.04. The number of nitrogens with two attached hydrogens (primary N) is 1. The van der Waals surface area contributed by atoms with Gasteiger partial charge in [-0.15, -0.1) is 11.3 Å². The number of aromatic nitrogens is 2. The lowest BCUT2D eigenvalue weighted by Gasteiger charge is -1.84. The van der Waals surface area contributed by atoms with Gasteiger partial charge >= 0.3 is 0 Å². The Kier molecular flexibility index (Phi) is 1.82. The fourth-order valence-electron chi connectivity index (χ4n) is 0.883. The molecule has 2 N–H and O–H groups in total.